The van der Waals surface area contributed by atoms with Crippen molar-refractivity contribution in [3.8, 4) is 6.07 Å². The third-order valence-electron chi connectivity index (χ3n) is 4.77. The number of hydrogen-bond donors (Lipinski definition) is 2. The van der Waals surface area contributed by atoms with Crippen molar-refractivity contribution < 1.29 is 14.7 Å². The normalized spacial score (nSPS) is 12.5. The van der Waals surface area contributed by atoms with Gasteiger partial charge in [-0.25, -0.2) is 0 Å². The van der Waals surface area contributed by atoms with Crippen molar-refractivity contribution >= 4 is 29.0 Å². The molecule has 3 aromatic carbocycles. The van der Waals surface area contributed by atoms with E-state index in [0.717, 1.165) is 0 Å². The van der Waals surface area contributed by atoms with Crippen LogP contribution in [0, 0.1) is 11.3 Å². The number of rotatable bonds is 6. The summed E-state index contributed by atoms with van der Waals surface area (Å²) in [6, 6.07) is 21.9. The van der Waals surface area contributed by atoms with Crippen molar-refractivity contribution in [1.29, 1.82) is 5.26 Å². The van der Waals surface area contributed by atoms with Gasteiger partial charge in [0.15, 0.2) is 11.4 Å². The monoisotopic (exact) mass is 418 g/mol. The number of Topliss-reactive ketones (excluding diaryl/α,β-unsaturated/α-hetero) is 1. The van der Waals surface area contributed by atoms with E-state index in [1.807, 2.05) is 6.07 Å². The first-order valence-electron chi connectivity index (χ1n) is 9.22. The van der Waals surface area contributed by atoms with Crippen molar-refractivity contribution in [2.75, 3.05) is 5.32 Å². The summed E-state index contributed by atoms with van der Waals surface area (Å²) in [4.78, 5) is 24.9. The highest BCUT2D eigenvalue weighted by molar-refractivity contribution is 6.32. The molecule has 0 aliphatic rings. The van der Waals surface area contributed by atoms with Crippen LogP contribution in [-0.2, 0) is 16.8 Å². The molecule has 30 heavy (non-hydrogen) atoms. The second kappa shape index (κ2) is 8.91. The van der Waals surface area contributed by atoms with Gasteiger partial charge in [-0.05, 0) is 42.3 Å². The number of nitrogens with zero attached hydrogens (tertiary/aromatic N) is 1. The zero-order chi connectivity index (χ0) is 21.7. The van der Waals surface area contributed by atoms with E-state index in [9.17, 15) is 14.7 Å². The van der Waals surface area contributed by atoms with Crippen LogP contribution in [0.1, 0.15) is 34.0 Å². The van der Waals surface area contributed by atoms with Crippen LogP contribution in [0.15, 0.2) is 72.8 Å². The molecule has 0 saturated carbocycles. The van der Waals surface area contributed by atoms with Gasteiger partial charge >= 0.3 is 0 Å². The van der Waals surface area contributed by atoms with E-state index >= 15 is 0 Å². The zero-order valence-corrected chi connectivity index (χ0v) is 17.0. The smallest absolute Gasteiger partial charge is 0.261 e. The van der Waals surface area contributed by atoms with Crippen LogP contribution >= 0.6 is 11.6 Å². The lowest BCUT2D eigenvalue weighted by Gasteiger charge is -2.28. The fraction of sp³-hybridized carbons (Fsp3) is 0.125. The minimum atomic E-state index is -1.89. The summed E-state index contributed by atoms with van der Waals surface area (Å²) in [6.45, 7) is 1.46. The molecular weight excluding hydrogens is 400 g/mol. The standard InChI is InChI=1S/C24H19ClN2O3/c1-16(28)18-7-5-6-17(12-18)14-24(30,20-8-3-2-4-9-20)23(29)27-21-11-10-19(15-26)22(25)13-21/h2-13,30H,14H2,1H3,(H,27,29). The lowest BCUT2D eigenvalue weighted by Crippen LogP contribution is -2.42. The number of aliphatic hydroxyl groups is 1. The molecule has 0 aromatic heterocycles. The summed E-state index contributed by atoms with van der Waals surface area (Å²) < 4.78 is 0. The number of nitrogens with one attached hydrogen (secondary N) is 1. The van der Waals surface area contributed by atoms with Gasteiger partial charge in [-0.1, -0.05) is 60.1 Å². The van der Waals surface area contributed by atoms with E-state index in [1.165, 1.54) is 19.1 Å². The van der Waals surface area contributed by atoms with Gasteiger partial charge in [-0.2, -0.15) is 5.26 Å². The number of amides is 1. The molecule has 1 atom stereocenters. The predicted molar refractivity (Wildman–Crippen MR) is 115 cm³/mol. The molecule has 0 saturated heterocycles. The third-order valence-corrected chi connectivity index (χ3v) is 5.08. The Morgan fingerprint density at radius 3 is 2.43 bits per heavy atom. The molecule has 0 spiro atoms. The van der Waals surface area contributed by atoms with Crippen LogP contribution < -0.4 is 5.32 Å². The van der Waals surface area contributed by atoms with Crippen LogP contribution in [0.3, 0.4) is 0 Å². The average Bonchev–Trinajstić information content (AvgIpc) is 2.74. The minimum absolute atomic E-state index is 0.0338. The van der Waals surface area contributed by atoms with Gasteiger partial charge in [0.2, 0.25) is 0 Å². The SMILES string of the molecule is CC(=O)c1cccc(CC(O)(C(=O)Nc2ccc(C#N)c(Cl)c2)c2ccccc2)c1. The molecule has 0 aliphatic heterocycles. The topological polar surface area (TPSA) is 90.2 Å². The lowest BCUT2D eigenvalue weighted by molar-refractivity contribution is -0.135. The Hall–Kier alpha value is -3.46. The summed E-state index contributed by atoms with van der Waals surface area (Å²) in [5.41, 5.74) is 0.307. The van der Waals surface area contributed by atoms with E-state index in [0.29, 0.717) is 22.4 Å². The van der Waals surface area contributed by atoms with Gasteiger partial charge in [-0.15, -0.1) is 0 Å². The molecule has 1 unspecified atom stereocenters. The van der Waals surface area contributed by atoms with Gasteiger partial charge < -0.3 is 10.4 Å². The fourth-order valence-corrected chi connectivity index (χ4v) is 3.36. The molecule has 3 rings (SSSR count). The van der Waals surface area contributed by atoms with Crippen LogP contribution in [0.25, 0.3) is 0 Å². The highest BCUT2D eigenvalue weighted by Crippen LogP contribution is 2.29. The second-order valence-electron chi connectivity index (χ2n) is 6.92. The van der Waals surface area contributed by atoms with Crippen molar-refractivity contribution in [3.63, 3.8) is 0 Å². The highest BCUT2D eigenvalue weighted by Gasteiger charge is 2.38. The minimum Gasteiger partial charge on any atom is -0.375 e. The van der Waals surface area contributed by atoms with E-state index < -0.39 is 11.5 Å². The Bertz CT molecular complexity index is 1140. The molecule has 3 aromatic rings. The maximum absolute atomic E-state index is 13.2. The summed E-state index contributed by atoms with van der Waals surface area (Å²) in [7, 11) is 0. The average molecular weight is 419 g/mol. The van der Waals surface area contributed by atoms with Crippen molar-refractivity contribution in [2.45, 2.75) is 18.9 Å². The fourth-order valence-electron chi connectivity index (χ4n) is 3.14. The summed E-state index contributed by atoms with van der Waals surface area (Å²) in [5, 5.41) is 23.4. The summed E-state index contributed by atoms with van der Waals surface area (Å²) in [5.74, 6) is -0.750. The first-order valence-corrected chi connectivity index (χ1v) is 9.60. The largest absolute Gasteiger partial charge is 0.375 e. The number of anilines is 1. The Labute approximate surface area is 179 Å². The van der Waals surface area contributed by atoms with Crippen LogP contribution in [0.4, 0.5) is 5.69 Å². The Kier molecular flexibility index (Phi) is 6.31. The molecule has 5 nitrogen and oxygen atoms in total. The van der Waals surface area contributed by atoms with Gasteiger partial charge in [0.1, 0.15) is 6.07 Å². The molecule has 0 bridgehead atoms. The summed E-state index contributed by atoms with van der Waals surface area (Å²) in [6.07, 6.45) is -0.0338. The number of hydrogen-bond acceptors (Lipinski definition) is 4. The molecule has 0 aliphatic carbocycles. The summed E-state index contributed by atoms with van der Waals surface area (Å²) >= 11 is 6.05. The van der Waals surface area contributed by atoms with Crippen molar-refractivity contribution in [3.05, 3.63) is 100 Å². The number of benzene rings is 3. The van der Waals surface area contributed by atoms with E-state index in [1.54, 1.807) is 60.7 Å². The molecule has 1 amide bonds. The quantitative estimate of drug-likeness (QED) is 0.577. The van der Waals surface area contributed by atoms with Gasteiger partial charge in [0, 0.05) is 17.7 Å². The maximum Gasteiger partial charge on any atom is 0.261 e. The van der Waals surface area contributed by atoms with Gasteiger partial charge in [0.25, 0.3) is 5.91 Å². The molecule has 0 heterocycles. The van der Waals surface area contributed by atoms with Crippen LogP contribution in [0.5, 0.6) is 0 Å². The number of ketones is 1. The lowest BCUT2D eigenvalue weighted by atomic mass is 9.85. The van der Waals surface area contributed by atoms with E-state index in [4.69, 9.17) is 16.9 Å². The molecular formula is C24H19ClN2O3. The first kappa shape index (κ1) is 21.3. The maximum atomic E-state index is 13.2. The first-order chi connectivity index (χ1) is 14.3. The Morgan fingerprint density at radius 2 is 1.80 bits per heavy atom. The van der Waals surface area contributed by atoms with E-state index in [-0.39, 0.29) is 22.8 Å². The molecule has 150 valence electrons. The number of nitriles is 1. The number of carbonyl (C=O) groups is 2. The Balaban J connectivity index is 1.97. The van der Waals surface area contributed by atoms with Crippen molar-refractivity contribution in [1.82, 2.24) is 0 Å². The number of carbonyl (C=O) groups excluding carboxylic acids is 2. The molecule has 6 heteroatoms. The van der Waals surface area contributed by atoms with Crippen molar-refractivity contribution in [2.24, 2.45) is 0 Å². The van der Waals surface area contributed by atoms with Gasteiger partial charge in [-0.3, -0.25) is 9.59 Å². The van der Waals surface area contributed by atoms with Crippen LogP contribution in [-0.4, -0.2) is 16.8 Å². The second-order valence-corrected chi connectivity index (χ2v) is 7.33. The highest BCUT2D eigenvalue weighted by atomic mass is 35.5. The van der Waals surface area contributed by atoms with E-state index in [2.05, 4.69) is 5.32 Å². The molecule has 2 N–H and O–H groups in total. The van der Waals surface area contributed by atoms with Gasteiger partial charge in [0.05, 0.1) is 10.6 Å². The predicted octanol–water partition coefficient (Wildman–Crippen LogP) is 4.48. The Morgan fingerprint density at radius 1 is 1.07 bits per heavy atom. The molecule has 0 radical (unpaired) electrons. The number of halogens is 1. The van der Waals surface area contributed by atoms with Crippen LogP contribution in [0.2, 0.25) is 5.02 Å². The molecule has 0 fully saturated rings. The zero-order valence-electron chi connectivity index (χ0n) is 16.2. The third kappa shape index (κ3) is 4.57.